The van der Waals surface area contributed by atoms with Crippen molar-refractivity contribution in [1.29, 1.82) is 0 Å². The minimum Gasteiger partial charge on any atom is -0.481 e. The van der Waals surface area contributed by atoms with Gasteiger partial charge in [0.15, 0.2) is 6.61 Å². The van der Waals surface area contributed by atoms with Gasteiger partial charge in [0.1, 0.15) is 5.75 Å². The number of amides is 1. The molecule has 0 saturated heterocycles. The maximum absolute atomic E-state index is 12.2. The van der Waals surface area contributed by atoms with Crippen LogP contribution in [0.1, 0.15) is 16.1 Å². The molecule has 1 amide bonds. The Morgan fingerprint density at radius 3 is 0.941 bits per heavy atom. The van der Waals surface area contributed by atoms with Crippen LogP contribution in [0.3, 0.4) is 0 Å². The number of carbonyl (C=O) groups excluding carboxylic acids is 2. The summed E-state index contributed by atoms with van der Waals surface area (Å²) in [4.78, 5) is 34.3. The highest BCUT2D eigenvalue weighted by atomic mass is 79.9. The van der Waals surface area contributed by atoms with Gasteiger partial charge in [0.2, 0.25) is 0 Å². The van der Waals surface area contributed by atoms with Crippen molar-refractivity contribution in [2.24, 2.45) is 57.3 Å². The van der Waals surface area contributed by atoms with E-state index in [0.717, 1.165) is 0 Å². The van der Waals surface area contributed by atoms with E-state index >= 15 is 0 Å². The fourth-order valence-electron chi connectivity index (χ4n) is 2.53. The van der Waals surface area contributed by atoms with Crippen LogP contribution in [0.15, 0.2) is 18.2 Å². The number of benzene rings is 1. The number of alkyl halides is 1. The number of ether oxygens (including phenoxy) is 1. The van der Waals surface area contributed by atoms with Gasteiger partial charge in [-0.2, -0.15) is 0 Å². The van der Waals surface area contributed by atoms with Gasteiger partial charge in [-0.25, -0.2) is 4.79 Å². The molecule has 1 aromatic carbocycles. The van der Waals surface area contributed by atoms with E-state index in [0.29, 0.717) is 28.5 Å². The highest BCUT2D eigenvalue weighted by Gasteiger charge is 2.25. The van der Waals surface area contributed by atoms with Gasteiger partial charge in [-0.05, 0) is 209 Å². The molecule has 0 aliphatic carbocycles. The van der Waals surface area contributed by atoms with Crippen LogP contribution in [0.4, 0.5) is 0 Å². The van der Waals surface area contributed by atoms with Gasteiger partial charge in [-0.1, -0.05) is 22.0 Å². The molecule has 0 radical (unpaired) electrons. The van der Waals surface area contributed by atoms with E-state index in [4.69, 9.17) is 15.6 Å². The highest BCUT2D eigenvalue weighted by molar-refractivity contribution is 9.09. The number of primary amides is 1. The van der Waals surface area contributed by atoms with E-state index in [2.05, 4.69) is 115 Å². The number of nitrogens with two attached hydrogens (primary N) is 10. The largest absolute Gasteiger partial charge is 0.481 e. The van der Waals surface area contributed by atoms with Gasteiger partial charge in [-0.15, -0.1) is 0 Å². The van der Waals surface area contributed by atoms with Crippen molar-refractivity contribution in [2.45, 2.75) is 13.5 Å². The molecule has 0 atom stereocenters. The highest BCUT2D eigenvalue weighted by Crippen LogP contribution is 2.34. The lowest BCUT2D eigenvalue weighted by molar-refractivity contribution is -0.139. The summed E-state index contributed by atoms with van der Waals surface area (Å²) in [5.41, 5.74) is 47.0. The maximum Gasteiger partial charge on any atom is 0.341 e. The van der Waals surface area contributed by atoms with E-state index in [9.17, 15) is 14.4 Å². The monoisotopic (exact) mass is 1070 g/mol. The number of fused-ring (bicyclic) bond motifs is 1. The Bertz CT molecular complexity index is 963. The zero-order valence-electron chi connectivity index (χ0n) is 49.0. The molecule has 0 bridgehead atoms. The summed E-state index contributed by atoms with van der Waals surface area (Å²) in [7, 11) is 47.2. The summed E-state index contributed by atoms with van der Waals surface area (Å²) in [5, 5.41) is 34.6. The van der Waals surface area contributed by atoms with Crippen LogP contribution < -0.4 is 110 Å². The topological polar surface area (TPSA) is 454 Å². The van der Waals surface area contributed by atoms with Crippen LogP contribution in [-0.2, 0) is 16.1 Å². The predicted octanol–water partition coefficient (Wildman–Crippen LogP) is -3.83. The van der Waals surface area contributed by atoms with Crippen molar-refractivity contribution in [3.05, 3.63) is 29.5 Å². The molecular weight excluding hydrogens is 945 g/mol. The molecule has 1 heterocycles. The minimum atomic E-state index is -1.14. The molecule has 26 heteroatoms. The normalized spacial score (nSPS) is 6.79. The van der Waals surface area contributed by atoms with Gasteiger partial charge in [-0.3, -0.25) is 9.59 Å². The van der Waals surface area contributed by atoms with Crippen molar-refractivity contribution >= 4 is 44.5 Å². The molecular formula is C42H123BrN20O5. The second-order valence-corrected chi connectivity index (χ2v) is 10.1. The number of nitrogens with zero attached hydrogens (tertiary/aromatic N) is 1. The molecule has 2 aromatic rings. The molecule has 0 aliphatic heterocycles. The number of aliphatic carboxylic acids is 1. The Kier molecular flexibility index (Phi) is 270. The van der Waals surface area contributed by atoms with Gasteiger partial charge in [0.25, 0.3) is 11.7 Å². The van der Waals surface area contributed by atoms with Crippen molar-refractivity contribution in [3.63, 3.8) is 0 Å². The Labute approximate surface area is 428 Å². The number of hydrogen-bond acceptors (Lipinski definition) is 22. The van der Waals surface area contributed by atoms with Crippen LogP contribution in [0.2, 0.25) is 0 Å². The average molecular weight is 1070 g/mol. The van der Waals surface area contributed by atoms with Crippen molar-refractivity contribution in [2.75, 3.05) is 202 Å². The van der Waals surface area contributed by atoms with Gasteiger partial charge in [0, 0.05) is 17.6 Å². The predicted molar refractivity (Wildman–Crippen MR) is 313 cm³/mol. The van der Waals surface area contributed by atoms with Crippen LogP contribution in [0.5, 0.6) is 5.75 Å². The van der Waals surface area contributed by atoms with E-state index in [-0.39, 0.29) is 11.3 Å². The number of rotatable bonds is 7. The Morgan fingerprint density at radius 2 is 0.750 bits per heavy atom. The first-order valence-corrected chi connectivity index (χ1v) is 22.1. The molecule has 0 aliphatic rings. The molecule has 30 N–H and O–H groups in total. The first-order chi connectivity index (χ1) is 32.6. The number of Topliss-reactive ketones (excluding diaryl/α,β-unsaturated/α-hetero) is 1. The Balaban J connectivity index is -0.0000000322. The number of carboxylic acids is 1. The quantitative estimate of drug-likeness (QED) is 0.0717. The molecule has 25 nitrogen and oxygen atoms in total. The zero-order valence-corrected chi connectivity index (χ0v) is 50.6. The van der Waals surface area contributed by atoms with Crippen molar-refractivity contribution < 1.29 is 24.2 Å². The van der Waals surface area contributed by atoms with Crippen molar-refractivity contribution in [3.8, 4) is 5.75 Å². The number of halogens is 1. The lowest BCUT2D eigenvalue weighted by Crippen LogP contribution is -2.24. The van der Waals surface area contributed by atoms with Crippen LogP contribution in [-0.4, -0.2) is 230 Å². The Morgan fingerprint density at radius 1 is 0.515 bits per heavy atom. The molecule has 68 heavy (non-hydrogen) atoms. The zero-order chi connectivity index (χ0) is 59.5. The molecule has 2 rings (SSSR count). The second-order valence-electron chi connectivity index (χ2n) is 9.33. The van der Waals surface area contributed by atoms with Gasteiger partial charge in [0.05, 0.1) is 16.5 Å². The third kappa shape index (κ3) is 131. The SMILES string of the molecule is CN.CN.CN.CN.CN.CN.CN.CN.CN.CNC.CNC.CNC.CNC.CNC.CNC.CNC.CNC.CNC.Cc1c(C(=O)C(N)=O)c2c(OCC(=O)O)cccc2n1CCBr. The molecule has 0 unspecified atom stereocenters. The number of hydrogen-bond donors (Lipinski definition) is 20. The number of nitrogens with one attached hydrogen (secondary N) is 9. The molecule has 0 saturated carbocycles. The lowest BCUT2D eigenvalue weighted by Gasteiger charge is -2.07. The summed E-state index contributed by atoms with van der Waals surface area (Å²) in [6.45, 7) is 1.72. The molecule has 0 fully saturated rings. The van der Waals surface area contributed by atoms with E-state index in [1.165, 1.54) is 63.4 Å². The van der Waals surface area contributed by atoms with E-state index in [1.807, 2.05) is 131 Å². The molecule has 0 spiro atoms. The van der Waals surface area contributed by atoms with Crippen LogP contribution >= 0.6 is 15.9 Å². The third-order valence-electron chi connectivity index (χ3n) is 3.42. The minimum absolute atomic E-state index is 0.148. The number of ketones is 1. The second kappa shape index (κ2) is 159. The maximum atomic E-state index is 12.2. The Hall–Kier alpha value is -3.07. The number of carbonyl (C=O) groups is 3. The summed E-state index contributed by atoms with van der Waals surface area (Å²) >= 11 is 3.34. The van der Waals surface area contributed by atoms with Crippen LogP contribution in [0, 0.1) is 6.92 Å². The first-order valence-electron chi connectivity index (χ1n) is 20.9. The fourth-order valence-corrected chi connectivity index (χ4v) is 2.88. The van der Waals surface area contributed by atoms with E-state index in [1.54, 1.807) is 25.1 Å². The number of carboxylic acid groups (broad SMARTS) is 1. The lowest BCUT2D eigenvalue weighted by atomic mass is 10.1. The molecule has 1 aromatic heterocycles. The average Bonchev–Trinajstić information content (AvgIpc) is 3.64. The standard InChI is InChI=1S/C15H15BrN2O5.9C2H7N.9CH5N/c1-8-12(14(21)15(17)22)13-9(18(8)6-5-16)3-2-4-10(13)23-7-11(19)20;9*1-3-2;9*1-2/h2-4H,5-7H2,1H3,(H2,17,22)(H,19,20);9*3H,1-2H3;9*2H2,1H3. The third-order valence-corrected chi connectivity index (χ3v) is 3.78. The summed E-state index contributed by atoms with van der Waals surface area (Å²) in [5.74, 6) is -2.81. The summed E-state index contributed by atoms with van der Waals surface area (Å²) in [6.07, 6.45) is 0. The summed E-state index contributed by atoms with van der Waals surface area (Å²) in [6, 6.07) is 5.03. The van der Waals surface area contributed by atoms with E-state index < -0.39 is 24.3 Å². The first kappa shape index (κ1) is 116. The van der Waals surface area contributed by atoms with Crippen LogP contribution in [0.25, 0.3) is 10.9 Å². The van der Waals surface area contributed by atoms with Gasteiger partial charge >= 0.3 is 5.97 Å². The fraction of sp³-hybridized carbons (Fsp3) is 0.738. The summed E-state index contributed by atoms with van der Waals surface area (Å²) < 4.78 is 7.12. The van der Waals surface area contributed by atoms with Gasteiger partial charge < -0.3 is 120 Å². The number of aromatic nitrogens is 1. The van der Waals surface area contributed by atoms with Crippen molar-refractivity contribution in [1.82, 2.24) is 52.4 Å². The smallest absolute Gasteiger partial charge is 0.341 e. The molecule has 428 valence electrons. The number of aryl methyl sites for hydroxylation is 1.